The zero-order valence-electron chi connectivity index (χ0n) is 14.1. The summed E-state index contributed by atoms with van der Waals surface area (Å²) in [5.74, 6) is -0.600. The number of carbonyl (C=O) groups excluding carboxylic acids is 1. The van der Waals surface area contributed by atoms with Crippen molar-refractivity contribution in [3.63, 3.8) is 0 Å². The van der Waals surface area contributed by atoms with Crippen molar-refractivity contribution in [1.82, 2.24) is 14.8 Å². The van der Waals surface area contributed by atoms with Crippen LogP contribution >= 0.6 is 11.3 Å². The van der Waals surface area contributed by atoms with E-state index in [9.17, 15) is 9.59 Å². The van der Waals surface area contributed by atoms with Gasteiger partial charge in [-0.15, -0.1) is 11.3 Å². The molecule has 0 radical (unpaired) electrons. The van der Waals surface area contributed by atoms with Gasteiger partial charge >= 0.3 is 0 Å². The third-order valence-corrected chi connectivity index (χ3v) is 4.72. The van der Waals surface area contributed by atoms with Crippen molar-refractivity contribution in [3.8, 4) is 0 Å². The number of benzene rings is 2. The van der Waals surface area contributed by atoms with Gasteiger partial charge in [0.15, 0.2) is 4.96 Å². The van der Waals surface area contributed by atoms with E-state index in [0.29, 0.717) is 10.7 Å². The van der Waals surface area contributed by atoms with Crippen LogP contribution in [0.4, 0.5) is 0 Å². The van der Waals surface area contributed by atoms with Gasteiger partial charge in [0.25, 0.3) is 11.5 Å². The largest absolute Gasteiger partial charge is 0.278 e. The Morgan fingerprint density at radius 1 is 1.00 bits per heavy atom. The predicted molar refractivity (Wildman–Crippen MR) is 105 cm³/mol. The fourth-order valence-corrected chi connectivity index (χ4v) is 3.31. The van der Waals surface area contributed by atoms with Crippen molar-refractivity contribution in [2.45, 2.75) is 0 Å². The maximum atomic E-state index is 12.5. The Morgan fingerprint density at radius 3 is 2.26 bits per heavy atom. The lowest BCUT2D eigenvalue weighted by Crippen LogP contribution is -2.29. The van der Waals surface area contributed by atoms with Crippen molar-refractivity contribution in [2.75, 3.05) is 0 Å². The number of hydrogen-bond acceptors (Lipinski definition) is 5. The molecule has 2 aromatic heterocycles. The molecule has 0 aliphatic carbocycles. The molecule has 0 spiro atoms. The molecule has 0 fully saturated rings. The second-order valence-electron chi connectivity index (χ2n) is 5.67. The van der Waals surface area contributed by atoms with Gasteiger partial charge in [-0.3, -0.25) is 14.0 Å². The Bertz CT molecular complexity index is 1140. The van der Waals surface area contributed by atoms with E-state index >= 15 is 0 Å². The van der Waals surface area contributed by atoms with E-state index in [0.717, 1.165) is 11.1 Å². The summed E-state index contributed by atoms with van der Waals surface area (Å²) < 4.78 is 1.35. The van der Waals surface area contributed by atoms with E-state index in [1.54, 1.807) is 11.6 Å². The molecule has 0 aliphatic heterocycles. The van der Waals surface area contributed by atoms with Crippen LogP contribution < -0.4 is 11.0 Å². The van der Waals surface area contributed by atoms with Gasteiger partial charge in [-0.1, -0.05) is 60.7 Å². The monoisotopic (exact) mass is 374 g/mol. The third-order valence-electron chi connectivity index (χ3n) is 3.95. The Balaban J connectivity index is 1.70. The van der Waals surface area contributed by atoms with E-state index in [2.05, 4.69) is 15.5 Å². The van der Waals surface area contributed by atoms with Gasteiger partial charge < -0.3 is 0 Å². The Hall–Kier alpha value is -3.58. The smallest absolute Gasteiger partial charge is 0.268 e. The van der Waals surface area contributed by atoms with Crippen LogP contribution in [0.15, 0.2) is 88.3 Å². The average molecular weight is 374 g/mol. The first-order valence-electron chi connectivity index (χ1n) is 8.18. The first-order valence-corrected chi connectivity index (χ1v) is 9.06. The quantitative estimate of drug-likeness (QED) is 0.441. The van der Waals surface area contributed by atoms with Gasteiger partial charge in [-0.25, -0.2) is 10.4 Å². The van der Waals surface area contributed by atoms with Gasteiger partial charge in [-0.2, -0.15) is 5.10 Å². The van der Waals surface area contributed by atoms with E-state index in [4.69, 9.17) is 0 Å². The molecule has 0 atom stereocenters. The summed E-state index contributed by atoms with van der Waals surface area (Å²) in [6.07, 6.45) is 2.87. The van der Waals surface area contributed by atoms with Crippen LogP contribution in [-0.4, -0.2) is 21.0 Å². The van der Waals surface area contributed by atoms with Crippen molar-refractivity contribution < 1.29 is 4.79 Å². The molecule has 0 saturated carbocycles. The fraction of sp³-hybridized carbons (Fsp3) is 0. The molecule has 2 aromatic carbocycles. The lowest BCUT2D eigenvalue weighted by atomic mass is 10.0. The Labute approximate surface area is 158 Å². The zero-order chi connectivity index (χ0) is 18.6. The number of thiazole rings is 1. The van der Waals surface area contributed by atoms with Gasteiger partial charge in [0.05, 0.1) is 5.71 Å². The van der Waals surface area contributed by atoms with E-state index in [1.807, 2.05) is 60.7 Å². The lowest BCUT2D eigenvalue weighted by Gasteiger charge is -2.08. The SMILES string of the molecule is O=C(NN=C(c1ccccc1)c1ccccc1)c1cnc2sccn2c1=O. The molecule has 1 N–H and O–H groups in total. The molecule has 7 heteroatoms. The predicted octanol–water partition coefficient (Wildman–Crippen LogP) is 2.94. The first-order chi connectivity index (χ1) is 13.2. The minimum absolute atomic E-state index is 0.0601. The zero-order valence-corrected chi connectivity index (χ0v) is 14.9. The molecule has 1 amide bonds. The highest BCUT2D eigenvalue weighted by Gasteiger charge is 2.14. The van der Waals surface area contributed by atoms with Gasteiger partial charge in [0, 0.05) is 28.9 Å². The molecular weight excluding hydrogens is 360 g/mol. The maximum absolute atomic E-state index is 12.5. The van der Waals surface area contributed by atoms with Crippen LogP contribution in [-0.2, 0) is 0 Å². The normalized spacial score (nSPS) is 10.5. The number of nitrogens with one attached hydrogen (secondary N) is 1. The molecule has 4 rings (SSSR count). The topological polar surface area (TPSA) is 75.8 Å². The molecule has 0 saturated heterocycles. The first kappa shape index (κ1) is 16.9. The van der Waals surface area contributed by atoms with E-state index in [1.165, 1.54) is 21.9 Å². The van der Waals surface area contributed by atoms with Crippen LogP contribution in [0.1, 0.15) is 21.5 Å². The molecule has 6 nitrogen and oxygen atoms in total. The number of fused-ring (bicyclic) bond motifs is 1. The number of carbonyl (C=O) groups is 1. The van der Waals surface area contributed by atoms with Gasteiger partial charge in [0.2, 0.25) is 0 Å². The van der Waals surface area contributed by atoms with Crippen LogP contribution in [0.25, 0.3) is 4.96 Å². The molecule has 132 valence electrons. The van der Waals surface area contributed by atoms with Crippen LogP contribution in [0.5, 0.6) is 0 Å². The van der Waals surface area contributed by atoms with Gasteiger partial charge in [-0.05, 0) is 0 Å². The highest BCUT2D eigenvalue weighted by atomic mass is 32.1. The average Bonchev–Trinajstić information content (AvgIpc) is 3.20. The second kappa shape index (κ2) is 7.35. The molecule has 27 heavy (non-hydrogen) atoms. The minimum atomic E-state index is -0.600. The molecular formula is C20H14N4O2S. The molecule has 0 aliphatic rings. The Kier molecular flexibility index (Phi) is 4.59. The molecule has 2 heterocycles. The standard InChI is InChI=1S/C20H14N4O2S/c25-18(16-13-21-20-24(19(16)26)11-12-27-20)23-22-17(14-7-3-1-4-8-14)15-9-5-2-6-10-15/h1-13H,(H,23,25). The minimum Gasteiger partial charge on any atom is -0.268 e. The van der Waals surface area contributed by atoms with Crippen LogP contribution in [0.3, 0.4) is 0 Å². The number of aromatic nitrogens is 2. The Morgan fingerprint density at radius 2 is 1.63 bits per heavy atom. The second-order valence-corrected chi connectivity index (χ2v) is 6.54. The van der Waals surface area contributed by atoms with Crippen molar-refractivity contribution in [3.05, 3.63) is 105 Å². The van der Waals surface area contributed by atoms with Crippen molar-refractivity contribution in [1.29, 1.82) is 0 Å². The van der Waals surface area contributed by atoms with Crippen LogP contribution in [0.2, 0.25) is 0 Å². The highest BCUT2D eigenvalue weighted by Crippen LogP contribution is 2.11. The van der Waals surface area contributed by atoms with Crippen LogP contribution in [0, 0.1) is 0 Å². The number of nitrogens with zero attached hydrogens (tertiary/aromatic N) is 3. The number of hydrazone groups is 1. The summed E-state index contributed by atoms with van der Waals surface area (Å²) in [6.45, 7) is 0. The molecule has 0 unspecified atom stereocenters. The molecule has 4 aromatic rings. The summed E-state index contributed by atoms with van der Waals surface area (Å²) in [7, 11) is 0. The number of hydrogen-bond donors (Lipinski definition) is 1. The number of rotatable bonds is 4. The third kappa shape index (κ3) is 3.40. The lowest BCUT2D eigenvalue weighted by molar-refractivity contribution is 0.0953. The summed E-state index contributed by atoms with van der Waals surface area (Å²) in [5, 5.41) is 6.04. The van der Waals surface area contributed by atoms with Crippen molar-refractivity contribution >= 4 is 27.9 Å². The maximum Gasteiger partial charge on any atom is 0.278 e. The van der Waals surface area contributed by atoms with Crippen molar-refractivity contribution in [2.24, 2.45) is 5.10 Å². The fourth-order valence-electron chi connectivity index (χ4n) is 2.64. The molecule has 0 bridgehead atoms. The number of amides is 1. The summed E-state index contributed by atoms with van der Waals surface area (Å²) in [5.41, 5.74) is 4.32. The summed E-state index contributed by atoms with van der Waals surface area (Å²) in [4.78, 5) is 29.6. The van der Waals surface area contributed by atoms with E-state index in [-0.39, 0.29) is 5.56 Å². The summed E-state index contributed by atoms with van der Waals surface area (Å²) in [6, 6.07) is 19.1. The summed E-state index contributed by atoms with van der Waals surface area (Å²) >= 11 is 1.33. The van der Waals surface area contributed by atoms with E-state index < -0.39 is 11.5 Å². The van der Waals surface area contributed by atoms with Gasteiger partial charge in [0.1, 0.15) is 5.56 Å². The highest BCUT2D eigenvalue weighted by molar-refractivity contribution is 7.15.